The Labute approximate surface area is 82.9 Å². The summed E-state index contributed by atoms with van der Waals surface area (Å²) in [6, 6.07) is 5.94. The highest BCUT2D eigenvalue weighted by atomic mass is 35.5. The van der Waals surface area contributed by atoms with Gasteiger partial charge in [-0.05, 0) is 25.1 Å². The van der Waals surface area contributed by atoms with E-state index in [2.05, 4.69) is 11.4 Å². The molecule has 1 aromatic rings. The molecule has 1 aliphatic rings. The van der Waals surface area contributed by atoms with Gasteiger partial charge in [0.1, 0.15) is 6.23 Å². The minimum Gasteiger partial charge on any atom is -0.359 e. The highest BCUT2D eigenvalue weighted by molar-refractivity contribution is 6.31. The molecule has 1 atom stereocenters. The molecular formula is C10H12ClNO. The lowest BCUT2D eigenvalue weighted by atomic mass is 10.0. The summed E-state index contributed by atoms with van der Waals surface area (Å²) < 4.78 is 5.54. The summed E-state index contributed by atoms with van der Waals surface area (Å²) in [7, 11) is 1.89. The third-order valence-corrected chi connectivity index (χ3v) is 2.69. The summed E-state index contributed by atoms with van der Waals surface area (Å²) in [5, 5.41) is 3.95. The molecule has 13 heavy (non-hydrogen) atoms. The topological polar surface area (TPSA) is 21.3 Å². The molecule has 0 saturated heterocycles. The molecule has 2 nitrogen and oxygen atoms in total. The SMILES string of the molecule is CN[C@@H]1OCCc2c(Cl)cccc21. The smallest absolute Gasteiger partial charge is 0.134 e. The predicted molar refractivity (Wildman–Crippen MR) is 52.9 cm³/mol. The lowest BCUT2D eigenvalue weighted by molar-refractivity contribution is 0.0240. The molecule has 0 aromatic heterocycles. The molecule has 0 unspecified atom stereocenters. The Balaban J connectivity index is 2.45. The number of halogens is 1. The summed E-state index contributed by atoms with van der Waals surface area (Å²) >= 11 is 6.08. The number of hydrogen-bond acceptors (Lipinski definition) is 2. The summed E-state index contributed by atoms with van der Waals surface area (Å²) in [4.78, 5) is 0. The van der Waals surface area contributed by atoms with Crippen LogP contribution >= 0.6 is 11.6 Å². The van der Waals surface area contributed by atoms with Crippen molar-refractivity contribution in [3.05, 3.63) is 34.3 Å². The fourth-order valence-corrected chi connectivity index (χ4v) is 1.97. The van der Waals surface area contributed by atoms with Gasteiger partial charge in [0.2, 0.25) is 0 Å². The molecule has 2 rings (SSSR count). The zero-order chi connectivity index (χ0) is 9.26. The van der Waals surface area contributed by atoms with Crippen molar-refractivity contribution in [3.63, 3.8) is 0 Å². The predicted octanol–water partition coefficient (Wildman–Crippen LogP) is 2.13. The zero-order valence-electron chi connectivity index (χ0n) is 7.51. The second-order valence-electron chi connectivity index (χ2n) is 3.10. The van der Waals surface area contributed by atoms with E-state index in [0.717, 1.165) is 18.1 Å². The normalized spacial score (nSPS) is 21.2. The number of rotatable bonds is 1. The molecular weight excluding hydrogens is 186 g/mol. The first-order valence-corrected chi connectivity index (χ1v) is 4.77. The molecule has 0 aliphatic carbocycles. The molecule has 0 bridgehead atoms. The molecule has 1 N–H and O–H groups in total. The molecule has 3 heteroatoms. The van der Waals surface area contributed by atoms with Crippen molar-refractivity contribution in [2.45, 2.75) is 12.6 Å². The van der Waals surface area contributed by atoms with Crippen molar-refractivity contribution in [2.75, 3.05) is 13.7 Å². The summed E-state index contributed by atoms with van der Waals surface area (Å²) in [5.41, 5.74) is 2.39. The second-order valence-corrected chi connectivity index (χ2v) is 3.50. The van der Waals surface area contributed by atoms with E-state index in [1.807, 2.05) is 19.2 Å². The molecule has 0 spiro atoms. The summed E-state index contributed by atoms with van der Waals surface area (Å²) in [5.74, 6) is 0. The van der Waals surface area contributed by atoms with Gasteiger partial charge in [-0.1, -0.05) is 23.7 Å². The van der Waals surface area contributed by atoms with Crippen LogP contribution < -0.4 is 5.32 Å². The van der Waals surface area contributed by atoms with Crippen molar-refractivity contribution in [1.29, 1.82) is 0 Å². The maximum atomic E-state index is 6.08. The van der Waals surface area contributed by atoms with E-state index in [1.54, 1.807) is 0 Å². The van der Waals surface area contributed by atoms with E-state index >= 15 is 0 Å². The van der Waals surface area contributed by atoms with Crippen molar-refractivity contribution in [2.24, 2.45) is 0 Å². The van der Waals surface area contributed by atoms with Crippen LogP contribution in [0.4, 0.5) is 0 Å². The van der Waals surface area contributed by atoms with Crippen LogP contribution in [0.1, 0.15) is 17.4 Å². The Hall–Kier alpha value is -0.570. The first-order valence-electron chi connectivity index (χ1n) is 4.39. The van der Waals surface area contributed by atoms with Crippen molar-refractivity contribution < 1.29 is 4.74 Å². The first-order chi connectivity index (χ1) is 6.33. The number of nitrogens with one attached hydrogen (secondary N) is 1. The molecule has 1 heterocycles. The van der Waals surface area contributed by atoms with Gasteiger partial charge in [0.05, 0.1) is 6.61 Å². The van der Waals surface area contributed by atoms with Gasteiger partial charge < -0.3 is 4.74 Å². The maximum Gasteiger partial charge on any atom is 0.134 e. The third kappa shape index (κ3) is 1.57. The zero-order valence-corrected chi connectivity index (χ0v) is 8.27. The minimum atomic E-state index is 0.00227. The van der Waals surface area contributed by atoms with Crippen LogP contribution in [0.25, 0.3) is 0 Å². The minimum absolute atomic E-state index is 0.00227. The monoisotopic (exact) mass is 197 g/mol. The Bertz CT molecular complexity index is 314. The van der Waals surface area contributed by atoms with Gasteiger partial charge in [-0.15, -0.1) is 0 Å². The molecule has 0 radical (unpaired) electrons. The van der Waals surface area contributed by atoms with E-state index < -0.39 is 0 Å². The number of benzene rings is 1. The van der Waals surface area contributed by atoms with E-state index in [9.17, 15) is 0 Å². The Morgan fingerprint density at radius 2 is 2.38 bits per heavy atom. The molecule has 0 amide bonds. The van der Waals surface area contributed by atoms with Gasteiger partial charge >= 0.3 is 0 Å². The van der Waals surface area contributed by atoms with E-state index in [4.69, 9.17) is 16.3 Å². The van der Waals surface area contributed by atoms with Crippen molar-refractivity contribution in [3.8, 4) is 0 Å². The fourth-order valence-electron chi connectivity index (χ4n) is 1.69. The number of fused-ring (bicyclic) bond motifs is 1. The molecule has 0 saturated carbocycles. The number of ether oxygens (including phenoxy) is 1. The van der Waals surface area contributed by atoms with Gasteiger partial charge in [0.25, 0.3) is 0 Å². The average Bonchev–Trinajstić information content (AvgIpc) is 2.18. The van der Waals surface area contributed by atoms with Gasteiger partial charge in [0.15, 0.2) is 0 Å². The first kappa shape index (κ1) is 9.00. The maximum absolute atomic E-state index is 6.08. The molecule has 1 aliphatic heterocycles. The van der Waals surface area contributed by atoms with E-state index in [0.29, 0.717) is 0 Å². The lowest BCUT2D eigenvalue weighted by Crippen LogP contribution is -2.26. The Kier molecular flexibility index (Phi) is 2.54. The van der Waals surface area contributed by atoms with Crippen LogP contribution in [-0.4, -0.2) is 13.7 Å². The van der Waals surface area contributed by atoms with Crippen LogP contribution in [0, 0.1) is 0 Å². The van der Waals surface area contributed by atoms with Gasteiger partial charge in [-0.25, -0.2) is 0 Å². The second kappa shape index (κ2) is 3.66. The highest BCUT2D eigenvalue weighted by Crippen LogP contribution is 2.29. The Morgan fingerprint density at radius 1 is 1.54 bits per heavy atom. The van der Waals surface area contributed by atoms with Gasteiger partial charge in [-0.2, -0.15) is 0 Å². The lowest BCUT2D eigenvalue weighted by Gasteiger charge is -2.26. The average molecular weight is 198 g/mol. The quantitative estimate of drug-likeness (QED) is 0.745. The Morgan fingerprint density at radius 3 is 3.15 bits per heavy atom. The third-order valence-electron chi connectivity index (χ3n) is 2.34. The van der Waals surface area contributed by atoms with Gasteiger partial charge in [-0.3, -0.25) is 5.32 Å². The van der Waals surface area contributed by atoms with Crippen molar-refractivity contribution >= 4 is 11.6 Å². The highest BCUT2D eigenvalue weighted by Gasteiger charge is 2.20. The van der Waals surface area contributed by atoms with Crippen LogP contribution in [-0.2, 0) is 11.2 Å². The number of hydrogen-bond donors (Lipinski definition) is 1. The van der Waals surface area contributed by atoms with Crippen LogP contribution in [0.3, 0.4) is 0 Å². The van der Waals surface area contributed by atoms with E-state index in [1.165, 1.54) is 11.1 Å². The van der Waals surface area contributed by atoms with Crippen molar-refractivity contribution in [1.82, 2.24) is 5.32 Å². The fraction of sp³-hybridized carbons (Fsp3) is 0.400. The van der Waals surface area contributed by atoms with Crippen LogP contribution in [0.2, 0.25) is 5.02 Å². The van der Waals surface area contributed by atoms with Crippen LogP contribution in [0.15, 0.2) is 18.2 Å². The standard InChI is InChI=1S/C10H12ClNO/c1-12-10-8-3-2-4-9(11)7(8)5-6-13-10/h2-4,10,12H,5-6H2,1H3/t10-/m1/s1. The molecule has 0 fully saturated rings. The van der Waals surface area contributed by atoms with E-state index in [-0.39, 0.29) is 6.23 Å². The summed E-state index contributed by atoms with van der Waals surface area (Å²) in [6.07, 6.45) is 0.912. The van der Waals surface area contributed by atoms with Gasteiger partial charge in [0, 0.05) is 10.6 Å². The summed E-state index contributed by atoms with van der Waals surface area (Å²) in [6.45, 7) is 0.738. The molecule has 70 valence electrons. The van der Waals surface area contributed by atoms with Crippen LogP contribution in [0.5, 0.6) is 0 Å². The molecule has 1 aromatic carbocycles. The largest absolute Gasteiger partial charge is 0.359 e.